The molecular formula is C14H20IN. The van der Waals surface area contributed by atoms with Gasteiger partial charge in [0.25, 0.3) is 0 Å². The van der Waals surface area contributed by atoms with E-state index in [0.717, 1.165) is 12.5 Å². The maximum atomic E-state index is 3.66. The van der Waals surface area contributed by atoms with Crippen LogP contribution in [0.1, 0.15) is 44.2 Å². The van der Waals surface area contributed by atoms with Gasteiger partial charge in [-0.25, -0.2) is 0 Å². The second-order valence-electron chi connectivity index (χ2n) is 4.63. The molecule has 0 amide bonds. The Labute approximate surface area is 112 Å². The fourth-order valence-corrected chi connectivity index (χ4v) is 3.10. The number of benzene rings is 1. The monoisotopic (exact) mass is 329 g/mol. The zero-order valence-corrected chi connectivity index (χ0v) is 12.0. The lowest BCUT2D eigenvalue weighted by Gasteiger charge is -2.24. The summed E-state index contributed by atoms with van der Waals surface area (Å²) in [6.45, 7) is 3.27. The Morgan fingerprint density at radius 1 is 1.25 bits per heavy atom. The van der Waals surface area contributed by atoms with Gasteiger partial charge < -0.3 is 5.32 Å². The number of hydrogen-bond donors (Lipinski definition) is 1. The molecule has 1 fully saturated rings. The molecule has 1 nitrogen and oxygen atoms in total. The Bertz CT molecular complexity index is 314. The maximum absolute atomic E-state index is 3.66. The van der Waals surface area contributed by atoms with E-state index < -0.39 is 0 Å². The first-order valence-electron chi connectivity index (χ1n) is 6.30. The van der Waals surface area contributed by atoms with Crippen molar-refractivity contribution in [1.82, 2.24) is 5.32 Å². The number of rotatable bonds is 4. The number of nitrogens with one attached hydrogen (secondary N) is 1. The average Bonchev–Trinajstić information content (AvgIpc) is 2.81. The van der Waals surface area contributed by atoms with E-state index in [1.165, 1.54) is 34.8 Å². The third kappa shape index (κ3) is 2.98. The van der Waals surface area contributed by atoms with Crippen LogP contribution in [0.5, 0.6) is 0 Å². The SMILES string of the molecule is CCNC(c1ccc(I)cc1)C1CCCC1. The molecule has 0 heterocycles. The van der Waals surface area contributed by atoms with Crippen LogP contribution in [0.25, 0.3) is 0 Å². The van der Waals surface area contributed by atoms with Gasteiger partial charge in [-0.2, -0.15) is 0 Å². The van der Waals surface area contributed by atoms with E-state index in [0.29, 0.717) is 6.04 Å². The van der Waals surface area contributed by atoms with E-state index in [2.05, 4.69) is 59.1 Å². The molecule has 1 atom stereocenters. The Hall–Kier alpha value is -0.0900. The summed E-state index contributed by atoms with van der Waals surface area (Å²) in [5.41, 5.74) is 1.47. The van der Waals surface area contributed by atoms with E-state index >= 15 is 0 Å². The first kappa shape index (κ1) is 12.4. The van der Waals surface area contributed by atoms with Crippen LogP contribution in [-0.2, 0) is 0 Å². The molecule has 0 bridgehead atoms. The van der Waals surface area contributed by atoms with Gasteiger partial charge in [0.15, 0.2) is 0 Å². The predicted molar refractivity (Wildman–Crippen MR) is 77.5 cm³/mol. The summed E-state index contributed by atoms with van der Waals surface area (Å²) in [5, 5.41) is 3.66. The van der Waals surface area contributed by atoms with E-state index in [1.807, 2.05) is 0 Å². The number of hydrogen-bond acceptors (Lipinski definition) is 1. The van der Waals surface area contributed by atoms with Crippen LogP contribution in [0.3, 0.4) is 0 Å². The number of halogens is 1. The molecule has 1 aliphatic carbocycles. The molecule has 2 rings (SSSR count). The highest BCUT2D eigenvalue weighted by atomic mass is 127. The van der Waals surface area contributed by atoms with Crippen molar-refractivity contribution in [2.45, 2.75) is 38.6 Å². The molecule has 1 aromatic rings. The van der Waals surface area contributed by atoms with Gasteiger partial charge in [-0.3, -0.25) is 0 Å². The van der Waals surface area contributed by atoms with Gasteiger partial charge in [-0.05, 0) is 65.6 Å². The molecule has 1 N–H and O–H groups in total. The third-order valence-corrected chi connectivity index (χ3v) is 4.24. The van der Waals surface area contributed by atoms with E-state index in [-0.39, 0.29) is 0 Å². The first-order chi connectivity index (χ1) is 7.81. The Morgan fingerprint density at radius 2 is 1.88 bits per heavy atom. The highest BCUT2D eigenvalue weighted by molar-refractivity contribution is 14.1. The van der Waals surface area contributed by atoms with Gasteiger partial charge in [0, 0.05) is 9.61 Å². The van der Waals surface area contributed by atoms with Gasteiger partial charge in [-0.15, -0.1) is 0 Å². The van der Waals surface area contributed by atoms with Crippen LogP contribution in [0, 0.1) is 9.49 Å². The van der Waals surface area contributed by atoms with E-state index in [9.17, 15) is 0 Å². The molecule has 0 aromatic heterocycles. The van der Waals surface area contributed by atoms with Crippen LogP contribution in [0.15, 0.2) is 24.3 Å². The summed E-state index contributed by atoms with van der Waals surface area (Å²) in [7, 11) is 0. The van der Waals surface area contributed by atoms with Crippen LogP contribution >= 0.6 is 22.6 Å². The molecule has 1 aliphatic rings. The normalized spacial score (nSPS) is 18.9. The molecule has 16 heavy (non-hydrogen) atoms. The van der Waals surface area contributed by atoms with Crippen molar-refractivity contribution in [1.29, 1.82) is 0 Å². The summed E-state index contributed by atoms with van der Waals surface area (Å²) in [5.74, 6) is 0.847. The zero-order valence-electron chi connectivity index (χ0n) is 9.88. The third-order valence-electron chi connectivity index (χ3n) is 3.52. The van der Waals surface area contributed by atoms with Gasteiger partial charge in [0.1, 0.15) is 0 Å². The van der Waals surface area contributed by atoms with Crippen LogP contribution in [0.2, 0.25) is 0 Å². The minimum Gasteiger partial charge on any atom is -0.310 e. The Balaban J connectivity index is 2.14. The van der Waals surface area contributed by atoms with E-state index in [1.54, 1.807) is 0 Å². The minimum absolute atomic E-state index is 0.574. The molecule has 1 saturated carbocycles. The Kier molecular flexibility index (Phi) is 4.65. The van der Waals surface area contributed by atoms with Crippen molar-refractivity contribution in [2.24, 2.45) is 5.92 Å². The molecule has 0 aliphatic heterocycles. The molecule has 2 heteroatoms. The molecule has 1 unspecified atom stereocenters. The molecule has 0 saturated heterocycles. The smallest absolute Gasteiger partial charge is 0.0348 e. The van der Waals surface area contributed by atoms with Crippen molar-refractivity contribution >= 4 is 22.6 Å². The fourth-order valence-electron chi connectivity index (χ4n) is 2.74. The summed E-state index contributed by atoms with van der Waals surface area (Å²) in [4.78, 5) is 0. The van der Waals surface area contributed by atoms with Crippen molar-refractivity contribution in [3.05, 3.63) is 33.4 Å². The summed E-state index contributed by atoms with van der Waals surface area (Å²) in [6, 6.07) is 9.58. The zero-order chi connectivity index (χ0) is 11.4. The lowest BCUT2D eigenvalue weighted by molar-refractivity contribution is 0.374. The lowest BCUT2D eigenvalue weighted by atomic mass is 9.92. The standard InChI is InChI=1S/C14H20IN/c1-2-16-14(11-5-3-4-6-11)12-7-9-13(15)10-8-12/h7-11,14,16H,2-6H2,1H3. The van der Waals surface area contributed by atoms with Crippen molar-refractivity contribution in [2.75, 3.05) is 6.54 Å². The van der Waals surface area contributed by atoms with Crippen LogP contribution in [-0.4, -0.2) is 6.54 Å². The second-order valence-corrected chi connectivity index (χ2v) is 5.88. The van der Waals surface area contributed by atoms with Crippen LogP contribution in [0.4, 0.5) is 0 Å². The fraction of sp³-hybridized carbons (Fsp3) is 0.571. The highest BCUT2D eigenvalue weighted by Gasteiger charge is 2.25. The second kappa shape index (κ2) is 6.01. The molecule has 88 valence electrons. The van der Waals surface area contributed by atoms with Gasteiger partial charge in [0.2, 0.25) is 0 Å². The molecule has 0 radical (unpaired) electrons. The lowest BCUT2D eigenvalue weighted by Crippen LogP contribution is -2.26. The van der Waals surface area contributed by atoms with Crippen LogP contribution < -0.4 is 5.32 Å². The van der Waals surface area contributed by atoms with Crippen molar-refractivity contribution < 1.29 is 0 Å². The van der Waals surface area contributed by atoms with Crippen molar-refractivity contribution in [3.8, 4) is 0 Å². The summed E-state index contributed by atoms with van der Waals surface area (Å²) >= 11 is 2.37. The molecule has 1 aromatic carbocycles. The maximum Gasteiger partial charge on any atom is 0.0348 e. The summed E-state index contributed by atoms with van der Waals surface area (Å²) < 4.78 is 1.32. The van der Waals surface area contributed by atoms with Gasteiger partial charge in [-0.1, -0.05) is 31.9 Å². The molecule has 0 spiro atoms. The van der Waals surface area contributed by atoms with Gasteiger partial charge in [0.05, 0.1) is 0 Å². The van der Waals surface area contributed by atoms with Gasteiger partial charge >= 0.3 is 0 Å². The Morgan fingerprint density at radius 3 is 2.44 bits per heavy atom. The highest BCUT2D eigenvalue weighted by Crippen LogP contribution is 2.35. The largest absolute Gasteiger partial charge is 0.310 e. The summed E-state index contributed by atoms with van der Waals surface area (Å²) in [6.07, 6.45) is 5.61. The quantitative estimate of drug-likeness (QED) is 0.819. The average molecular weight is 329 g/mol. The molecular weight excluding hydrogens is 309 g/mol. The minimum atomic E-state index is 0.574. The van der Waals surface area contributed by atoms with E-state index in [4.69, 9.17) is 0 Å². The predicted octanol–water partition coefficient (Wildman–Crippen LogP) is 4.13. The first-order valence-corrected chi connectivity index (χ1v) is 7.38. The topological polar surface area (TPSA) is 12.0 Å². The van der Waals surface area contributed by atoms with Crippen molar-refractivity contribution in [3.63, 3.8) is 0 Å².